The molecule has 33 heavy (non-hydrogen) atoms. The van der Waals surface area contributed by atoms with E-state index in [0.717, 1.165) is 0 Å². The summed E-state index contributed by atoms with van der Waals surface area (Å²) in [5.41, 5.74) is -0.0409. The maximum atomic E-state index is 12.3. The van der Waals surface area contributed by atoms with Gasteiger partial charge in [-0.2, -0.15) is 13.2 Å². The maximum absolute atomic E-state index is 12.3. The van der Waals surface area contributed by atoms with Crippen LogP contribution in [0, 0.1) is 17.8 Å². The number of nitrogens with one attached hydrogen (secondary N) is 2. The van der Waals surface area contributed by atoms with Crippen LogP contribution in [0.5, 0.6) is 0 Å². The summed E-state index contributed by atoms with van der Waals surface area (Å²) >= 11 is 0. The number of hydrogen-bond acceptors (Lipinski definition) is 7. The lowest BCUT2D eigenvalue weighted by molar-refractivity contribution is -0.212. The van der Waals surface area contributed by atoms with Crippen LogP contribution < -0.4 is 10.6 Å². The van der Waals surface area contributed by atoms with E-state index in [1.165, 1.54) is 11.1 Å². The largest absolute Gasteiger partial charge is 0.427 e. The Labute approximate surface area is 193 Å². The van der Waals surface area contributed by atoms with Gasteiger partial charge in [0.25, 0.3) is 5.91 Å². The number of aliphatic hydroxyl groups is 2. The Bertz CT molecular complexity index is 804. The molecule has 2 aliphatic heterocycles. The van der Waals surface area contributed by atoms with Crippen LogP contribution in [0.15, 0.2) is 11.8 Å². The summed E-state index contributed by atoms with van der Waals surface area (Å²) in [6.45, 7) is 12.7. The first-order valence-electron chi connectivity index (χ1n) is 10.8. The van der Waals surface area contributed by atoms with Gasteiger partial charge in [-0.15, -0.1) is 0 Å². The highest BCUT2D eigenvalue weighted by Crippen LogP contribution is 2.38. The average Bonchev–Trinajstić information content (AvgIpc) is 3.03. The summed E-state index contributed by atoms with van der Waals surface area (Å²) in [5.74, 6) is 4.31. The van der Waals surface area contributed by atoms with Gasteiger partial charge in [-0.05, 0) is 30.5 Å². The Morgan fingerprint density at radius 2 is 2.03 bits per heavy atom. The number of carbonyl (C=O) groups excluding carboxylic acids is 1. The van der Waals surface area contributed by atoms with Crippen LogP contribution in [-0.2, 0) is 14.0 Å². The standard InChI is InChI=1S/C21H34F3N3O5Si/c1-13-10-16(32-15(13)12-31-33(5,6)20(2,3)4)27-11-14(17(28)26-19(27)30)8-7-9-25-18(29)21(22,23)24/h11,13,15-16,18-19,25,29-30H,9-10,12H2,1-6H3,(H,26,28). The summed E-state index contributed by atoms with van der Waals surface area (Å²) in [5, 5.41) is 23.4. The zero-order valence-electron chi connectivity index (χ0n) is 19.8. The molecule has 0 spiro atoms. The minimum Gasteiger partial charge on any atom is -0.414 e. The number of aliphatic hydroxyl groups excluding tert-OH is 2. The Morgan fingerprint density at radius 3 is 2.61 bits per heavy atom. The molecule has 2 rings (SSSR count). The van der Waals surface area contributed by atoms with Gasteiger partial charge >= 0.3 is 6.18 Å². The molecule has 188 valence electrons. The van der Waals surface area contributed by atoms with E-state index >= 15 is 0 Å². The van der Waals surface area contributed by atoms with Gasteiger partial charge in [-0.1, -0.05) is 39.5 Å². The topological polar surface area (TPSA) is 103 Å². The van der Waals surface area contributed by atoms with Crippen molar-refractivity contribution in [2.75, 3.05) is 13.2 Å². The number of carbonyl (C=O) groups is 1. The average molecular weight is 494 g/mol. The number of halogens is 3. The van der Waals surface area contributed by atoms with Crippen molar-refractivity contribution in [3.63, 3.8) is 0 Å². The Balaban J connectivity index is 2.03. The van der Waals surface area contributed by atoms with E-state index in [0.29, 0.717) is 13.0 Å². The van der Waals surface area contributed by atoms with Crippen LogP contribution >= 0.6 is 0 Å². The molecule has 0 aromatic heterocycles. The molecule has 2 aliphatic rings. The Morgan fingerprint density at radius 1 is 1.39 bits per heavy atom. The first-order valence-corrected chi connectivity index (χ1v) is 13.7. The first kappa shape index (κ1) is 27.6. The van der Waals surface area contributed by atoms with Gasteiger partial charge < -0.3 is 29.6 Å². The molecule has 4 N–H and O–H groups in total. The van der Waals surface area contributed by atoms with E-state index in [9.17, 15) is 23.1 Å². The van der Waals surface area contributed by atoms with E-state index in [1.807, 2.05) is 6.92 Å². The predicted octanol–water partition coefficient (Wildman–Crippen LogP) is 1.82. The SMILES string of the molecule is CC1CC(N2C=C(C#CCNC(O)C(F)(F)F)C(=O)NC2O)OC1CO[Si](C)(C)C(C)(C)C. The number of ether oxygens (including phenoxy) is 1. The second-order valence-electron chi connectivity index (χ2n) is 9.88. The maximum Gasteiger partial charge on any atom is 0.427 e. The fourth-order valence-electron chi connectivity index (χ4n) is 3.04. The highest BCUT2D eigenvalue weighted by molar-refractivity contribution is 6.74. The molecular formula is C21H34F3N3O5Si. The molecule has 2 heterocycles. The summed E-state index contributed by atoms with van der Waals surface area (Å²) < 4.78 is 49.3. The molecule has 5 atom stereocenters. The molecule has 5 unspecified atom stereocenters. The van der Waals surface area contributed by atoms with Crippen molar-refractivity contribution in [1.29, 1.82) is 0 Å². The molecule has 1 fully saturated rings. The minimum absolute atomic E-state index is 0.0409. The number of rotatable bonds is 6. The van der Waals surface area contributed by atoms with Crippen LogP contribution in [-0.4, -0.2) is 73.6 Å². The fraction of sp³-hybridized carbons (Fsp3) is 0.762. The molecule has 12 heteroatoms. The highest BCUT2D eigenvalue weighted by atomic mass is 28.4. The molecule has 1 saturated heterocycles. The van der Waals surface area contributed by atoms with Gasteiger partial charge in [0, 0.05) is 6.20 Å². The van der Waals surface area contributed by atoms with Crippen LogP contribution in [0.3, 0.4) is 0 Å². The summed E-state index contributed by atoms with van der Waals surface area (Å²) in [6, 6.07) is 0. The molecule has 0 saturated carbocycles. The Kier molecular flexibility index (Phi) is 8.65. The lowest BCUT2D eigenvalue weighted by atomic mass is 10.0. The third-order valence-electron chi connectivity index (χ3n) is 6.27. The third kappa shape index (κ3) is 7.18. The Hall–Kier alpha value is -1.62. The minimum atomic E-state index is -4.81. The smallest absolute Gasteiger partial charge is 0.414 e. The highest BCUT2D eigenvalue weighted by Gasteiger charge is 2.42. The van der Waals surface area contributed by atoms with Gasteiger partial charge in [0.1, 0.15) is 11.8 Å². The normalized spacial score (nSPS) is 27.5. The van der Waals surface area contributed by atoms with Crippen molar-refractivity contribution in [3.8, 4) is 11.8 Å². The summed E-state index contributed by atoms with van der Waals surface area (Å²) in [6.07, 6.45) is -7.66. The molecule has 8 nitrogen and oxygen atoms in total. The van der Waals surface area contributed by atoms with Gasteiger partial charge in [0.2, 0.25) is 12.6 Å². The van der Waals surface area contributed by atoms with Crippen molar-refractivity contribution in [2.24, 2.45) is 5.92 Å². The van der Waals surface area contributed by atoms with Gasteiger partial charge in [-0.25, -0.2) is 0 Å². The predicted molar refractivity (Wildman–Crippen MR) is 118 cm³/mol. The van der Waals surface area contributed by atoms with Gasteiger partial charge in [0.15, 0.2) is 8.32 Å². The van der Waals surface area contributed by atoms with Crippen LogP contribution in [0.4, 0.5) is 13.2 Å². The molecule has 0 bridgehead atoms. The lowest BCUT2D eigenvalue weighted by Crippen LogP contribution is -2.53. The number of nitrogens with zero attached hydrogens (tertiary/aromatic N) is 1. The molecule has 0 radical (unpaired) electrons. The van der Waals surface area contributed by atoms with E-state index in [4.69, 9.17) is 14.3 Å². The molecular weight excluding hydrogens is 459 g/mol. The molecule has 1 amide bonds. The van der Waals surface area contributed by atoms with Crippen LogP contribution in [0.1, 0.15) is 34.1 Å². The zero-order chi connectivity index (χ0) is 25.2. The monoisotopic (exact) mass is 493 g/mol. The summed E-state index contributed by atoms with van der Waals surface area (Å²) in [7, 11) is -1.96. The van der Waals surface area contributed by atoms with E-state index < -0.39 is 45.8 Å². The molecule has 0 aliphatic carbocycles. The second kappa shape index (κ2) is 10.3. The van der Waals surface area contributed by atoms with Gasteiger partial charge in [-0.3, -0.25) is 10.1 Å². The van der Waals surface area contributed by atoms with Crippen LogP contribution in [0.2, 0.25) is 18.1 Å². The van der Waals surface area contributed by atoms with Crippen molar-refractivity contribution in [3.05, 3.63) is 11.8 Å². The second-order valence-corrected chi connectivity index (χ2v) is 14.7. The summed E-state index contributed by atoms with van der Waals surface area (Å²) in [4.78, 5) is 13.5. The van der Waals surface area contributed by atoms with Crippen molar-refractivity contribution >= 4 is 14.2 Å². The molecule has 0 aromatic rings. The third-order valence-corrected chi connectivity index (χ3v) is 10.8. The lowest BCUT2D eigenvalue weighted by Gasteiger charge is -2.37. The fourth-order valence-corrected chi connectivity index (χ4v) is 4.06. The van der Waals surface area contributed by atoms with Gasteiger partial charge in [0.05, 0.1) is 19.3 Å². The van der Waals surface area contributed by atoms with E-state index in [-0.39, 0.29) is 22.6 Å². The first-order chi connectivity index (χ1) is 15.0. The quantitative estimate of drug-likeness (QED) is 0.254. The van der Waals surface area contributed by atoms with Crippen molar-refractivity contribution in [2.45, 2.75) is 83.3 Å². The number of amides is 1. The zero-order valence-corrected chi connectivity index (χ0v) is 20.8. The van der Waals surface area contributed by atoms with E-state index in [1.54, 1.807) is 5.32 Å². The number of hydrogen-bond donors (Lipinski definition) is 4. The molecule has 0 aromatic carbocycles. The van der Waals surface area contributed by atoms with Crippen LogP contribution in [0.25, 0.3) is 0 Å². The van der Waals surface area contributed by atoms with Crippen molar-refractivity contribution < 1.29 is 37.3 Å². The number of alkyl halides is 3. The van der Waals surface area contributed by atoms with E-state index in [2.05, 4.69) is 51.0 Å². The van der Waals surface area contributed by atoms with Crippen molar-refractivity contribution in [1.82, 2.24) is 15.5 Å².